The molecule has 0 radical (unpaired) electrons. The number of fused-ring (bicyclic) bond motifs is 2. The predicted octanol–water partition coefficient (Wildman–Crippen LogP) is 2.84. The van der Waals surface area contributed by atoms with Crippen LogP contribution in [0.4, 0.5) is 0 Å². The molecule has 0 aromatic heterocycles. The van der Waals surface area contributed by atoms with E-state index in [1.165, 1.54) is 18.0 Å². The number of unbranched alkanes of at least 4 members (excludes halogenated alkanes) is 2. The van der Waals surface area contributed by atoms with E-state index in [1.807, 2.05) is 6.92 Å². The van der Waals surface area contributed by atoms with Crippen molar-refractivity contribution in [2.75, 3.05) is 0 Å². The third-order valence-corrected chi connectivity index (χ3v) is 6.06. The number of rotatable bonds is 10. The molecule has 0 aromatic rings. The van der Waals surface area contributed by atoms with Crippen LogP contribution < -0.4 is 0 Å². The molecule has 0 saturated heterocycles. The molecule has 2 atom stereocenters. The third-order valence-electron chi connectivity index (χ3n) is 6.06. The highest BCUT2D eigenvalue weighted by Gasteiger charge is 2.54. The number of hydrogen-bond donors (Lipinski definition) is 2. The molecule has 2 aliphatic heterocycles. The summed E-state index contributed by atoms with van der Waals surface area (Å²) in [7, 11) is 0. The van der Waals surface area contributed by atoms with E-state index in [4.69, 9.17) is 4.74 Å². The first-order chi connectivity index (χ1) is 16.0. The highest BCUT2D eigenvalue weighted by atomic mass is 16.6. The summed E-state index contributed by atoms with van der Waals surface area (Å²) in [6, 6.07) is -1.46. The number of carbonyl (C=O) groups excluding carboxylic acids is 3. The van der Waals surface area contributed by atoms with Gasteiger partial charge in [0.2, 0.25) is 5.78 Å². The fourth-order valence-corrected chi connectivity index (χ4v) is 4.31. The molecule has 0 amide bonds. The molecule has 34 heavy (non-hydrogen) atoms. The minimum absolute atomic E-state index is 0.0728. The maximum absolute atomic E-state index is 13.5. The molecule has 0 aromatic carbocycles. The number of carbonyl (C=O) groups is 5. The van der Waals surface area contributed by atoms with E-state index in [-0.39, 0.29) is 28.9 Å². The number of esters is 1. The van der Waals surface area contributed by atoms with Gasteiger partial charge in [0.1, 0.15) is 11.6 Å². The van der Waals surface area contributed by atoms with Crippen molar-refractivity contribution in [3.05, 3.63) is 58.5 Å². The van der Waals surface area contributed by atoms with Crippen molar-refractivity contribution < 1.29 is 38.9 Å². The lowest BCUT2D eigenvalue weighted by atomic mass is 9.76. The van der Waals surface area contributed by atoms with Crippen LogP contribution in [0, 0.1) is 0 Å². The molecular weight excluding hydrogens is 442 g/mol. The average molecular weight is 469 g/mol. The van der Waals surface area contributed by atoms with Gasteiger partial charge in [0.25, 0.3) is 0 Å². The van der Waals surface area contributed by atoms with Gasteiger partial charge in [0.15, 0.2) is 11.4 Å². The molecular formula is C25H27NO8. The largest absolute Gasteiger partial charge is 0.481 e. The van der Waals surface area contributed by atoms with Crippen LogP contribution in [0.3, 0.4) is 0 Å². The Morgan fingerprint density at radius 3 is 2.47 bits per heavy atom. The molecule has 1 aliphatic carbocycles. The van der Waals surface area contributed by atoms with Crippen LogP contribution in [0.5, 0.6) is 0 Å². The molecule has 2 N–H and O–H groups in total. The van der Waals surface area contributed by atoms with Gasteiger partial charge in [-0.25, -0.2) is 9.59 Å². The van der Waals surface area contributed by atoms with Crippen LogP contribution in [0.1, 0.15) is 52.9 Å². The van der Waals surface area contributed by atoms with Crippen molar-refractivity contribution in [2.24, 2.45) is 0 Å². The summed E-state index contributed by atoms with van der Waals surface area (Å²) in [5.74, 6) is -4.52. The van der Waals surface area contributed by atoms with Crippen LogP contribution in [-0.4, -0.2) is 56.2 Å². The maximum atomic E-state index is 13.5. The van der Waals surface area contributed by atoms with Crippen molar-refractivity contribution in [1.29, 1.82) is 0 Å². The van der Waals surface area contributed by atoms with E-state index < -0.39 is 41.8 Å². The number of hydrogen-bond acceptors (Lipinski definition) is 7. The Labute approximate surface area is 196 Å². The van der Waals surface area contributed by atoms with E-state index in [2.05, 4.69) is 0 Å². The highest BCUT2D eigenvalue weighted by molar-refractivity contribution is 6.25. The lowest BCUT2D eigenvalue weighted by Crippen LogP contribution is -2.45. The van der Waals surface area contributed by atoms with Gasteiger partial charge in [0, 0.05) is 29.5 Å². The first-order valence-corrected chi connectivity index (χ1v) is 11.1. The Morgan fingerprint density at radius 1 is 1.18 bits per heavy atom. The van der Waals surface area contributed by atoms with Gasteiger partial charge in [-0.15, -0.1) is 0 Å². The van der Waals surface area contributed by atoms with Crippen molar-refractivity contribution in [2.45, 2.75) is 64.5 Å². The summed E-state index contributed by atoms with van der Waals surface area (Å²) in [4.78, 5) is 63.3. The molecule has 180 valence electrons. The number of carboxylic acid groups (broad SMARTS) is 2. The second kappa shape index (κ2) is 9.62. The van der Waals surface area contributed by atoms with Gasteiger partial charge in [-0.05, 0) is 44.1 Å². The zero-order chi connectivity index (χ0) is 25.2. The number of nitrogens with zero attached hydrogens (tertiary/aromatic N) is 1. The van der Waals surface area contributed by atoms with Crippen LogP contribution in [0.25, 0.3) is 0 Å². The zero-order valence-corrected chi connectivity index (χ0v) is 19.3. The van der Waals surface area contributed by atoms with Crippen molar-refractivity contribution in [3.63, 3.8) is 0 Å². The lowest BCUT2D eigenvalue weighted by Gasteiger charge is -2.36. The van der Waals surface area contributed by atoms with Crippen molar-refractivity contribution in [1.82, 2.24) is 4.90 Å². The molecule has 2 heterocycles. The second-order valence-corrected chi connectivity index (χ2v) is 8.49. The van der Waals surface area contributed by atoms with Gasteiger partial charge in [-0.3, -0.25) is 14.4 Å². The number of Topliss-reactive ketones (excluding diaryl/α,β-unsaturated/α-hetero) is 2. The first-order valence-electron chi connectivity index (χ1n) is 11.1. The van der Waals surface area contributed by atoms with Crippen LogP contribution >= 0.6 is 0 Å². The monoisotopic (exact) mass is 469 g/mol. The van der Waals surface area contributed by atoms with E-state index >= 15 is 0 Å². The molecule has 0 fully saturated rings. The van der Waals surface area contributed by atoms with Crippen LogP contribution in [-0.2, 0) is 28.7 Å². The fourth-order valence-electron chi connectivity index (χ4n) is 4.31. The number of carboxylic acids is 2. The molecule has 0 spiro atoms. The SMILES string of the molecule is C/C=C/C1=CC2=CC3=C(C(=O)CCCCC)C(=O)O[C@@]3(C)C(=O)C2=CN1[C@@H](CC(=O)O)C(=O)O. The standard InChI is InChI=1S/C25H27NO8/c1-4-6-7-9-19(27)21-17-11-14-10-15(8-5-2)26(18(23(31)32)12-20(28)29)13-16(14)22(30)25(17,3)34-24(21)33/h5,8,10-11,13,18H,4,6-7,9,12H2,1-3H3,(H,28,29)(H,31,32)/b8-5+/t18-,25+/m0/s1. The van der Waals surface area contributed by atoms with E-state index in [9.17, 15) is 34.2 Å². The molecule has 9 nitrogen and oxygen atoms in total. The summed E-state index contributed by atoms with van der Waals surface area (Å²) < 4.78 is 5.40. The first kappa shape index (κ1) is 24.9. The molecule has 0 saturated carbocycles. The average Bonchev–Trinajstić information content (AvgIpc) is 3.02. The lowest BCUT2D eigenvalue weighted by molar-refractivity contribution is -0.153. The number of allylic oxidation sites excluding steroid dienone is 4. The normalized spacial score (nSPS) is 22.6. The quantitative estimate of drug-likeness (QED) is 0.281. The summed E-state index contributed by atoms with van der Waals surface area (Å²) >= 11 is 0. The Morgan fingerprint density at radius 2 is 1.88 bits per heavy atom. The smallest absolute Gasteiger partial charge is 0.343 e. The number of ether oxygens (including phenoxy) is 1. The van der Waals surface area contributed by atoms with Crippen LogP contribution in [0.2, 0.25) is 0 Å². The minimum atomic E-state index is -1.72. The number of ketones is 2. The van der Waals surface area contributed by atoms with Gasteiger partial charge in [-0.1, -0.05) is 25.8 Å². The van der Waals surface area contributed by atoms with E-state index in [0.717, 1.165) is 12.8 Å². The zero-order valence-electron chi connectivity index (χ0n) is 19.3. The second-order valence-electron chi connectivity index (χ2n) is 8.49. The Balaban J connectivity index is 2.13. The van der Waals surface area contributed by atoms with Crippen molar-refractivity contribution >= 4 is 29.5 Å². The van der Waals surface area contributed by atoms with Crippen molar-refractivity contribution in [3.8, 4) is 0 Å². The Kier molecular flexibility index (Phi) is 7.04. The molecule has 9 heteroatoms. The van der Waals surface area contributed by atoms with Gasteiger partial charge in [-0.2, -0.15) is 0 Å². The third kappa shape index (κ3) is 4.37. The van der Waals surface area contributed by atoms with E-state index in [0.29, 0.717) is 17.7 Å². The predicted molar refractivity (Wildman–Crippen MR) is 120 cm³/mol. The topological polar surface area (TPSA) is 138 Å². The number of aliphatic carboxylic acids is 2. The Bertz CT molecular complexity index is 1120. The molecule has 0 bridgehead atoms. The molecule has 3 aliphatic rings. The summed E-state index contributed by atoms with van der Waals surface area (Å²) in [6.07, 6.45) is 9.44. The molecule has 3 rings (SSSR count). The summed E-state index contributed by atoms with van der Waals surface area (Å²) in [6.45, 7) is 5.12. The highest BCUT2D eigenvalue weighted by Crippen LogP contribution is 2.45. The minimum Gasteiger partial charge on any atom is -0.481 e. The molecule has 0 unspecified atom stereocenters. The summed E-state index contributed by atoms with van der Waals surface area (Å²) in [5, 5.41) is 18.8. The van der Waals surface area contributed by atoms with E-state index in [1.54, 1.807) is 31.2 Å². The van der Waals surface area contributed by atoms with Gasteiger partial charge >= 0.3 is 17.9 Å². The van der Waals surface area contributed by atoms with Gasteiger partial charge in [0.05, 0.1) is 6.42 Å². The maximum Gasteiger partial charge on any atom is 0.343 e. The fraction of sp³-hybridized carbons (Fsp3) is 0.400. The summed E-state index contributed by atoms with van der Waals surface area (Å²) in [5.41, 5.74) is -0.839. The van der Waals surface area contributed by atoms with Gasteiger partial charge < -0.3 is 19.8 Å². The van der Waals surface area contributed by atoms with Crippen LogP contribution in [0.15, 0.2) is 58.5 Å². The Hall–Kier alpha value is -3.75.